The zero-order valence-electron chi connectivity index (χ0n) is 35.7. The molecular weight excluding hydrogens is 814 g/mol. The van der Waals surface area contributed by atoms with E-state index < -0.39 is 132 Å². The summed E-state index contributed by atoms with van der Waals surface area (Å²) in [6.07, 6.45) is -8.76. The van der Waals surface area contributed by atoms with Gasteiger partial charge in [-0.2, -0.15) is 0 Å². The summed E-state index contributed by atoms with van der Waals surface area (Å²) in [5, 5.41) is 0. The Bertz CT molecular complexity index is 2110. The Kier molecular flexibility index (Phi) is 13.1. The number of carbonyl (C=O) groups excluding carboxylic acids is 8. The van der Waals surface area contributed by atoms with Crippen LogP contribution in [0.25, 0.3) is 0 Å². The first-order chi connectivity index (χ1) is 29.3. The Hall–Kier alpha value is -5.91. The Morgan fingerprint density at radius 2 is 1.39 bits per heavy atom. The summed E-state index contributed by atoms with van der Waals surface area (Å²) in [5.74, 6) is -10.4. The summed E-state index contributed by atoms with van der Waals surface area (Å²) in [6, 6.07) is 10.7. The lowest BCUT2D eigenvalue weighted by Gasteiger charge is -2.65. The van der Waals surface area contributed by atoms with E-state index in [0.717, 1.165) is 34.6 Å². The number of aromatic nitrogens is 1. The van der Waals surface area contributed by atoms with Crippen molar-refractivity contribution < 1.29 is 81.0 Å². The fourth-order valence-electron chi connectivity index (χ4n) is 10.1. The molecule has 1 saturated heterocycles. The number of hydrogen-bond acceptors (Lipinski definition) is 18. The predicted octanol–water partition coefficient (Wildman–Crippen LogP) is 3.75. The highest BCUT2D eigenvalue weighted by molar-refractivity contribution is 5.91. The highest BCUT2D eigenvalue weighted by Gasteiger charge is 2.88. The summed E-state index contributed by atoms with van der Waals surface area (Å²) in [5.41, 5.74) is -6.11. The molecule has 18 nitrogen and oxygen atoms in total. The molecule has 18 heteroatoms. The lowest BCUT2D eigenvalue weighted by Crippen LogP contribution is -2.84. The maximum atomic E-state index is 14.4. The number of benzene rings is 1. The summed E-state index contributed by atoms with van der Waals surface area (Å²) in [6.45, 7) is 8.71. The monoisotopic (exact) mass is 865 g/mol. The molecule has 0 unspecified atom stereocenters. The van der Waals surface area contributed by atoms with Crippen LogP contribution in [0.1, 0.15) is 107 Å². The molecule has 3 heterocycles. The summed E-state index contributed by atoms with van der Waals surface area (Å²) >= 11 is 0. The Morgan fingerprint density at radius 1 is 0.774 bits per heavy atom. The minimum atomic E-state index is -2.38. The van der Waals surface area contributed by atoms with Gasteiger partial charge < -0.3 is 42.6 Å². The fourth-order valence-corrected chi connectivity index (χ4v) is 10.1. The molecule has 6 rings (SSSR count). The summed E-state index contributed by atoms with van der Waals surface area (Å²) < 4.78 is 56.3. The van der Waals surface area contributed by atoms with Gasteiger partial charge in [0.25, 0.3) is 0 Å². The third-order valence-corrected chi connectivity index (χ3v) is 12.4. The molecule has 2 aliphatic heterocycles. The zero-order valence-corrected chi connectivity index (χ0v) is 35.7. The topological polar surface area (TPSA) is 233 Å². The normalized spacial score (nSPS) is 33.8. The second kappa shape index (κ2) is 17.8. The molecule has 0 amide bonds. The van der Waals surface area contributed by atoms with Crippen LogP contribution < -0.4 is 0 Å². The predicted molar refractivity (Wildman–Crippen MR) is 208 cm³/mol. The molecule has 0 radical (unpaired) electrons. The SMILES string of the molecule is CC[C@H]1CCC(=O)O[C@@H]2[C@H](OC(C)=O)[C@H](OC(=O)c3ccccc3)[C@@]3(COC(C)=O)[C@H](OC(C)=O)[C@@H](OC(C)=O)[C@H]4[C@@H](OC(C)=O)[C@@]3(O[C@]4(C)COC(=O)c3cccnc31)[C@@H]2C. The fraction of sp³-hybridized carbons (Fsp3) is 0.568. The van der Waals surface area contributed by atoms with Crippen LogP contribution in [0.2, 0.25) is 0 Å². The van der Waals surface area contributed by atoms with E-state index in [-0.39, 0.29) is 24.0 Å². The molecule has 4 aliphatic rings. The third kappa shape index (κ3) is 8.11. The molecular formula is C44H51NO17. The van der Waals surface area contributed by atoms with Crippen LogP contribution in [-0.2, 0) is 71.4 Å². The van der Waals surface area contributed by atoms with Crippen LogP contribution in [0.5, 0.6) is 0 Å². The van der Waals surface area contributed by atoms with Gasteiger partial charge in [-0.05, 0) is 44.0 Å². The number of ether oxygens (including phenoxy) is 9. The number of esters is 8. The van der Waals surface area contributed by atoms with Crippen LogP contribution in [0.3, 0.4) is 0 Å². The molecule has 2 saturated carbocycles. The summed E-state index contributed by atoms with van der Waals surface area (Å²) in [7, 11) is 0. The second-order valence-electron chi connectivity index (χ2n) is 16.4. The number of carbonyl (C=O) groups is 8. The first-order valence-corrected chi connectivity index (χ1v) is 20.4. The maximum Gasteiger partial charge on any atom is 0.340 e. The molecule has 1 aromatic heterocycles. The van der Waals surface area contributed by atoms with Crippen LogP contribution >= 0.6 is 0 Å². The van der Waals surface area contributed by atoms with E-state index in [4.69, 9.17) is 42.6 Å². The largest absolute Gasteiger partial charge is 0.465 e. The lowest BCUT2D eigenvalue weighted by atomic mass is 9.46. The van der Waals surface area contributed by atoms with E-state index in [1.165, 1.54) is 38.2 Å². The molecule has 334 valence electrons. The Labute approximate surface area is 357 Å². The highest BCUT2D eigenvalue weighted by Crippen LogP contribution is 2.69. The van der Waals surface area contributed by atoms with Crippen molar-refractivity contribution in [3.63, 3.8) is 0 Å². The first kappa shape index (κ1) is 45.6. The quantitative estimate of drug-likeness (QED) is 0.258. The number of hydrogen-bond donors (Lipinski definition) is 0. The molecule has 4 bridgehead atoms. The highest BCUT2D eigenvalue weighted by atomic mass is 16.7. The van der Waals surface area contributed by atoms with Crippen molar-refractivity contribution in [2.75, 3.05) is 13.2 Å². The van der Waals surface area contributed by atoms with Crippen molar-refractivity contribution in [1.82, 2.24) is 4.98 Å². The van der Waals surface area contributed by atoms with Crippen LogP contribution in [0.4, 0.5) is 0 Å². The molecule has 1 spiro atoms. The standard InChI is InChI=1S/C44H51NO17/c1-9-28-17-18-31(51)60-34-22(2)44-37(58-26(6)49)32(42(8,62-44)20-55-41(53)30-16-13-19-45-33(28)30)35(56-24(4)47)38(59-27(7)50)43(44,21-54-23(3)46)39(36(34)57-25(5)48)61-40(52)29-14-11-10-12-15-29/h10-16,19,22,28,32,34-39H,9,17-18,20-21H2,1-8H3/t22-,28+,32+,34+,35+,36+,37-,38-,39+,42-,43-,44+/m1/s1. The molecule has 62 heavy (non-hydrogen) atoms. The van der Waals surface area contributed by atoms with Crippen molar-refractivity contribution in [1.29, 1.82) is 0 Å². The van der Waals surface area contributed by atoms with Gasteiger partial charge in [0.1, 0.15) is 48.1 Å². The number of rotatable bonds is 9. The number of pyridine rings is 1. The van der Waals surface area contributed by atoms with Crippen molar-refractivity contribution in [3.8, 4) is 0 Å². The Morgan fingerprint density at radius 3 is 2.00 bits per heavy atom. The van der Waals surface area contributed by atoms with Crippen molar-refractivity contribution in [2.45, 2.75) is 128 Å². The van der Waals surface area contributed by atoms with Gasteiger partial charge in [0.05, 0.1) is 22.7 Å². The van der Waals surface area contributed by atoms with E-state index in [0.29, 0.717) is 12.1 Å². The molecule has 3 fully saturated rings. The third-order valence-electron chi connectivity index (χ3n) is 12.4. The lowest BCUT2D eigenvalue weighted by molar-refractivity contribution is -0.347. The van der Waals surface area contributed by atoms with E-state index in [1.807, 2.05) is 6.92 Å². The zero-order chi connectivity index (χ0) is 45.3. The van der Waals surface area contributed by atoms with Gasteiger partial charge in [-0.25, -0.2) is 9.59 Å². The number of fused-ring (bicyclic) bond motifs is 5. The maximum absolute atomic E-state index is 14.4. The minimum absolute atomic E-state index is 0.00927. The number of nitrogens with zero attached hydrogens (tertiary/aromatic N) is 1. The summed E-state index contributed by atoms with van der Waals surface area (Å²) in [4.78, 5) is 114. The van der Waals surface area contributed by atoms with Crippen molar-refractivity contribution in [3.05, 3.63) is 65.5 Å². The van der Waals surface area contributed by atoms with Gasteiger partial charge in [-0.3, -0.25) is 33.8 Å². The molecule has 0 N–H and O–H groups in total. The van der Waals surface area contributed by atoms with Gasteiger partial charge in [-0.15, -0.1) is 0 Å². The average molecular weight is 866 g/mol. The van der Waals surface area contributed by atoms with Crippen molar-refractivity contribution in [2.24, 2.45) is 17.3 Å². The van der Waals surface area contributed by atoms with Gasteiger partial charge >= 0.3 is 47.8 Å². The van der Waals surface area contributed by atoms with E-state index in [9.17, 15) is 38.4 Å². The first-order valence-electron chi connectivity index (χ1n) is 20.4. The average Bonchev–Trinajstić information content (AvgIpc) is 3.42. The van der Waals surface area contributed by atoms with E-state index in [1.54, 1.807) is 24.3 Å². The molecule has 12 atom stereocenters. The van der Waals surface area contributed by atoms with Gasteiger partial charge in [0, 0.05) is 59.1 Å². The van der Waals surface area contributed by atoms with Gasteiger partial charge in [-0.1, -0.05) is 32.0 Å². The van der Waals surface area contributed by atoms with Crippen molar-refractivity contribution >= 4 is 47.8 Å². The van der Waals surface area contributed by atoms with Crippen LogP contribution in [0, 0.1) is 17.3 Å². The Balaban J connectivity index is 1.75. The molecule has 1 aromatic carbocycles. The molecule has 2 aromatic rings. The van der Waals surface area contributed by atoms with Crippen LogP contribution in [-0.4, -0.2) is 114 Å². The number of cyclic esters (lactones) is 1. The van der Waals surface area contributed by atoms with Gasteiger partial charge in [0.2, 0.25) is 0 Å². The van der Waals surface area contributed by atoms with Gasteiger partial charge in [0.15, 0.2) is 18.3 Å². The second-order valence-corrected chi connectivity index (χ2v) is 16.4. The van der Waals surface area contributed by atoms with E-state index in [2.05, 4.69) is 4.98 Å². The smallest absolute Gasteiger partial charge is 0.340 e. The minimum Gasteiger partial charge on any atom is -0.465 e. The van der Waals surface area contributed by atoms with E-state index >= 15 is 0 Å². The van der Waals surface area contributed by atoms with Crippen LogP contribution in [0.15, 0.2) is 48.7 Å². The molecule has 2 aliphatic carbocycles.